The van der Waals surface area contributed by atoms with Crippen LogP contribution in [-0.2, 0) is 13.0 Å². The normalized spacial score (nSPS) is 20.9. The summed E-state index contributed by atoms with van der Waals surface area (Å²) in [7, 11) is 2.03. The van der Waals surface area contributed by atoms with Crippen molar-refractivity contribution in [3.8, 4) is 0 Å². The highest BCUT2D eigenvalue weighted by atomic mass is 15.1. The van der Waals surface area contributed by atoms with Gasteiger partial charge in [0.15, 0.2) is 0 Å². The third-order valence-electron chi connectivity index (χ3n) is 3.22. The van der Waals surface area contributed by atoms with Crippen LogP contribution in [0, 0.1) is 12.8 Å². The zero-order chi connectivity index (χ0) is 9.97. The average molecular weight is 193 g/mol. The van der Waals surface area contributed by atoms with E-state index in [1.807, 2.05) is 13.4 Å². The Hall–Kier alpha value is -0.830. The molecule has 0 aliphatic carbocycles. The Bertz CT molecular complexity index is 303. The van der Waals surface area contributed by atoms with E-state index < -0.39 is 0 Å². The lowest BCUT2D eigenvalue weighted by Crippen LogP contribution is -2.22. The van der Waals surface area contributed by atoms with Crippen molar-refractivity contribution in [2.24, 2.45) is 5.92 Å². The fourth-order valence-corrected chi connectivity index (χ4v) is 2.26. The number of imidazole rings is 1. The third kappa shape index (κ3) is 1.82. The Morgan fingerprint density at radius 3 is 3.29 bits per heavy atom. The van der Waals surface area contributed by atoms with Gasteiger partial charge in [-0.2, -0.15) is 0 Å². The summed E-state index contributed by atoms with van der Waals surface area (Å²) in [6, 6.07) is 0. The Morgan fingerprint density at radius 1 is 1.64 bits per heavy atom. The minimum Gasteiger partial charge on any atom is -0.334 e. The second kappa shape index (κ2) is 4.13. The van der Waals surface area contributed by atoms with Crippen LogP contribution in [0.25, 0.3) is 0 Å². The number of nitrogens with zero attached hydrogens (tertiary/aromatic N) is 2. The SMILES string of the molecule is CNCCC1CCn2cnc(C)c2C1. The Labute approximate surface area is 85.5 Å². The first-order chi connectivity index (χ1) is 6.81. The molecule has 0 radical (unpaired) electrons. The fourth-order valence-electron chi connectivity index (χ4n) is 2.26. The van der Waals surface area contributed by atoms with Gasteiger partial charge in [0.1, 0.15) is 0 Å². The van der Waals surface area contributed by atoms with Crippen LogP contribution in [0.2, 0.25) is 0 Å². The Kier molecular flexibility index (Phi) is 2.87. The molecule has 1 N–H and O–H groups in total. The van der Waals surface area contributed by atoms with Gasteiger partial charge in [-0.25, -0.2) is 4.98 Å². The molecule has 2 rings (SSSR count). The molecule has 0 spiro atoms. The predicted octanol–water partition coefficient (Wildman–Crippen LogP) is 1.36. The summed E-state index contributed by atoms with van der Waals surface area (Å²) in [5.74, 6) is 0.852. The molecular weight excluding hydrogens is 174 g/mol. The Balaban J connectivity index is 2.01. The molecule has 1 aromatic rings. The minimum absolute atomic E-state index is 0.852. The first-order valence-corrected chi connectivity index (χ1v) is 5.46. The number of fused-ring (bicyclic) bond motifs is 1. The number of aromatic nitrogens is 2. The highest BCUT2D eigenvalue weighted by molar-refractivity contribution is 5.13. The van der Waals surface area contributed by atoms with Gasteiger partial charge in [-0.15, -0.1) is 0 Å². The monoisotopic (exact) mass is 193 g/mol. The van der Waals surface area contributed by atoms with Gasteiger partial charge >= 0.3 is 0 Å². The van der Waals surface area contributed by atoms with Gasteiger partial charge in [-0.3, -0.25) is 0 Å². The van der Waals surface area contributed by atoms with E-state index in [0.717, 1.165) is 19.0 Å². The molecule has 1 unspecified atom stereocenters. The summed E-state index contributed by atoms with van der Waals surface area (Å²) < 4.78 is 2.31. The molecule has 0 saturated heterocycles. The van der Waals surface area contributed by atoms with Gasteiger partial charge in [-0.1, -0.05) is 0 Å². The van der Waals surface area contributed by atoms with Crippen molar-refractivity contribution in [1.82, 2.24) is 14.9 Å². The van der Waals surface area contributed by atoms with Crippen LogP contribution in [0.15, 0.2) is 6.33 Å². The van der Waals surface area contributed by atoms with Crippen molar-refractivity contribution < 1.29 is 0 Å². The lowest BCUT2D eigenvalue weighted by atomic mass is 9.92. The van der Waals surface area contributed by atoms with E-state index >= 15 is 0 Å². The molecule has 3 heteroatoms. The van der Waals surface area contributed by atoms with E-state index in [9.17, 15) is 0 Å². The molecule has 0 aromatic carbocycles. The van der Waals surface area contributed by atoms with E-state index in [2.05, 4.69) is 21.8 Å². The van der Waals surface area contributed by atoms with Gasteiger partial charge in [0.25, 0.3) is 0 Å². The van der Waals surface area contributed by atoms with Crippen LogP contribution >= 0.6 is 0 Å². The molecule has 1 atom stereocenters. The van der Waals surface area contributed by atoms with E-state index in [1.54, 1.807) is 0 Å². The van der Waals surface area contributed by atoms with E-state index in [-0.39, 0.29) is 0 Å². The lowest BCUT2D eigenvalue weighted by molar-refractivity contribution is 0.363. The number of aryl methyl sites for hydroxylation is 2. The van der Waals surface area contributed by atoms with Gasteiger partial charge in [0.05, 0.1) is 12.0 Å². The molecule has 0 saturated carbocycles. The topological polar surface area (TPSA) is 29.9 Å². The maximum absolute atomic E-state index is 4.36. The molecule has 0 amide bonds. The van der Waals surface area contributed by atoms with Crippen LogP contribution in [0.5, 0.6) is 0 Å². The first kappa shape index (κ1) is 9.71. The zero-order valence-corrected chi connectivity index (χ0v) is 9.08. The van der Waals surface area contributed by atoms with E-state index in [1.165, 1.54) is 30.7 Å². The first-order valence-electron chi connectivity index (χ1n) is 5.46. The molecule has 0 fully saturated rings. The lowest BCUT2D eigenvalue weighted by Gasteiger charge is -2.24. The molecule has 78 valence electrons. The van der Waals surface area contributed by atoms with Gasteiger partial charge in [-0.05, 0) is 45.7 Å². The molecule has 0 bridgehead atoms. The average Bonchev–Trinajstić information content (AvgIpc) is 2.57. The van der Waals surface area contributed by atoms with Crippen molar-refractivity contribution in [2.75, 3.05) is 13.6 Å². The van der Waals surface area contributed by atoms with Crippen LogP contribution in [-0.4, -0.2) is 23.1 Å². The van der Waals surface area contributed by atoms with Crippen LogP contribution < -0.4 is 5.32 Å². The summed E-state index contributed by atoms with van der Waals surface area (Å²) in [6.45, 7) is 4.41. The maximum atomic E-state index is 4.36. The van der Waals surface area contributed by atoms with Gasteiger partial charge in [0, 0.05) is 12.2 Å². The molecule has 1 aliphatic heterocycles. The maximum Gasteiger partial charge on any atom is 0.0951 e. The number of hydrogen-bond acceptors (Lipinski definition) is 2. The number of nitrogens with one attached hydrogen (secondary N) is 1. The van der Waals surface area contributed by atoms with Crippen molar-refractivity contribution >= 4 is 0 Å². The van der Waals surface area contributed by atoms with Crippen LogP contribution in [0.4, 0.5) is 0 Å². The summed E-state index contributed by atoms with van der Waals surface area (Å²) in [5.41, 5.74) is 2.68. The van der Waals surface area contributed by atoms with Gasteiger partial charge in [0.2, 0.25) is 0 Å². The zero-order valence-electron chi connectivity index (χ0n) is 9.08. The molecule has 14 heavy (non-hydrogen) atoms. The van der Waals surface area contributed by atoms with Crippen LogP contribution in [0.3, 0.4) is 0 Å². The quantitative estimate of drug-likeness (QED) is 0.785. The largest absolute Gasteiger partial charge is 0.334 e. The third-order valence-corrected chi connectivity index (χ3v) is 3.22. The number of hydrogen-bond donors (Lipinski definition) is 1. The Morgan fingerprint density at radius 2 is 2.50 bits per heavy atom. The molecule has 3 nitrogen and oxygen atoms in total. The van der Waals surface area contributed by atoms with Crippen molar-refractivity contribution in [1.29, 1.82) is 0 Å². The summed E-state index contributed by atoms with van der Waals surface area (Å²) in [5, 5.41) is 3.22. The molecular formula is C11H19N3. The summed E-state index contributed by atoms with van der Waals surface area (Å²) in [6.07, 6.45) is 5.80. The minimum atomic E-state index is 0.852. The highest BCUT2D eigenvalue weighted by Gasteiger charge is 2.19. The fraction of sp³-hybridized carbons (Fsp3) is 0.727. The molecule has 1 aliphatic rings. The highest BCUT2D eigenvalue weighted by Crippen LogP contribution is 2.24. The summed E-state index contributed by atoms with van der Waals surface area (Å²) >= 11 is 0. The predicted molar refractivity (Wildman–Crippen MR) is 57.3 cm³/mol. The molecule has 1 aromatic heterocycles. The standard InChI is InChI=1S/C11H19N3/c1-9-11-7-10(3-5-12-2)4-6-14(11)8-13-9/h8,10,12H,3-7H2,1-2H3. The van der Waals surface area contributed by atoms with Gasteiger partial charge < -0.3 is 9.88 Å². The van der Waals surface area contributed by atoms with Crippen LogP contribution in [0.1, 0.15) is 24.2 Å². The number of rotatable bonds is 3. The molecule has 2 heterocycles. The van der Waals surface area contributed by atoms with E-state index in [4.69, 9.17) is 0 Å². The van der Waals surface area contributed by atoms with Crippen molar-refractivity contribution in [3.63, 3.8) is 0 Å². The summed E-state index contributed by atoms with van der Waals surface area (Å²) in [4.78, 5) is 4.36. The van der Waals surface area contributed by atoms with E-state index in [0.29, 0.717) is 0 Å². The van der Waals surface area contributed by atoms with Crippen molar-refractivity contribution in [2.45, 2.75) is 32.7 Å². The second-order valence-corrected chi connectivity index (χ2v) is 4.22. The van der Waals surface area contributed by atoms with Crippen molar-refractivity contribution in [3.05, 3.63) is 17.7 Å². The second-order valence-electron chi connectivity index (χ2n) is 4.22. The smallest absolute Gasteiger partial charge is 0.0951 e.